The largest absolute Gasteiger partial charge is 0.444 e. The van der Waals surface area contributed by atoms with Crippen LogP contribution in [0.4, 0.5) is 0 Å². The van der Waals surface area contributed by atoms with Gasteiger partial charge in [-0.25, -0.2) is 13.4 Å². The van der Waals surface area contributed by atoms with E-state index in [1.54, 1.807) is 12.1 Å². The van der Waals surface area contributed by atoms with Crippen molar-refractivity contribution in [1.29, 1.82) is 0 Å². The fraction of sp³-hybridized carbons (Fsp3) is 0.455. The Morgan fingerprint density at radius 1 is 1.24 bits per heavy atom. The number of furan rings is 1. The summed E-state index contributed by atoms with van der Waals surface area (Å²) in [4.78, 5) is 42.6. The molecule has 12 heteroatoms. The molecule has 0 spiro atoms. The molecule has 3 rings (SSSR count). The molecule has 184 valence electrons. The molecule has 2 atom stereocenters. The predicted molar refractivity (Wildman–Crippen MR) is 126 cm³/mol. The van der Waals surface area contributed by atoms with Crippen LogP contribution in [-0.2, 0) is 19.6 Å². The Bertz CT molecular complexity index is 1140. The van der Waals surface area contributed by atoms with Crippen molar-refractivity contribution in [2.45, 2.75) is 56.8 Å². The quantitative estimate of drug-likeness (QED) is 0.510. The Kier molecular flexibility index (Phi) is 8.61. The summed E-state index contributed by atoms with van der Waals surface area (Å²) in [6, 6.07) is 6.47. The Morgan fingerprint density at radius 2 is 2.00 bits per heavy atom. The molecule has 2 aromatic rings. The van der Waals surface area contributed by atoms with Gasteiger partial charge in [-0.1, -0.05) is 19.9 Å². The van der Waals surface area contributed by atoms with E-state index >= 15 is 0 Å². The lowest BCUT2D eigenvalue weighted by Gasteiger charge is -2.30. The summed E-state index contributed by atoms with van der Waals surface area (Å²) >= 11 is 3.13. The molecule has 1 aliphatic rings. The average Bonchev–Trinajstić information content (AvgIpc) is 3.15. The smallest absolute Gasteiger partial charge is 0.287 e. The minimum absolute atomic E-state index is 0.0123. The molecule has 0 aliphatic carbocycles. The third-order valence-corrected chi connectivity index (χ3v) is 7.47. The van der Waals surface area contributed by atoms with Gasteiger partial charge in [-0.2, -0.15) is 4.31 Å². The zero-order valence-electron chi connectivity index (χ0n) is 18.9. The van der Waals surface area contributed by atoms with E-state index in [0.717, 1.165) is 4.31 Å². The summed E-state index contributed by atoms with van der Waals surface area (Å²) in [7, 11) is -4.15. The molecular formula is C22H27BrN4O6S. The highest BCUT2D eigenvalue weighted by Crippen LogP contribution is 2.21. The molecule has 2 N–H and O–H groups in total. The highest BCUT2D eigenvalue weighted by atomic mass is 79.9. The standard InChI is InChI=1S/C22H27BrN4O6S/c1-14(2)13-15(25-22(30)17-9-10-18(23)33-17)21(29)26-20-16(28)7-4-6-12-27(20)34(31,32)19-8-3-5-11-24-19/h3,5,8-11,14-15,20H,4,6-7,12-13H2,1-2H3,(H,25,30)(H,26,29)/t15?,20-/m0/s1. The number of nitrogens with one attached hydrogen (secondary N) is 2. The van der Waals surface area contributed by atoms with Crippen LogP contribution in [0.1, 0.15) is 50.1 Å². The van der Waals surface area contributed by atoms with Gasteiger partial charge in [0.15, 0.2) is 27.4 Å². The van der Waals surface area contributed by atoms with Gasteiger partial charge in [-0.3, -0.25) is 14.4 Å². The van der Waals surface area contributed by atoms with Crippen molar-refractivity contribution in [1.82, 2.24) is 19.9 Å². The zero-order chi connectivity index (χ0) is 24.9. The highest BCUT2D eigenvalue weighted by Gasteiger charge is 2.39. The molecule has 0 saturated carbocycles. The number of aromatic nitrogens is 1. The van der Waals surface area contributed by atoms with E-state index in [2.05, 4.69) is 31.5 Å². The van der Waals surface area contributed by atoms with Gasteiger partial charge in [0.05, 0.1) is 0 Å². The molecule has 10 nitrogen and oxygen atoms in total. The third-order valence-electron chi connectivity index (χ3n) is 5.26. The van der Waals surface area contributed by atoms with E-state index in [-0.39, 0.29) is 36.1 Å². The Balaban J connectivity index is 1.85. The molecule has 0 bridgehead atoms. The monoisotopic (exact) mass is 554 g/mol. The lowest BCUT2D eigenvalue weighted by molar-refractivity contribution is -0.131. The average molecular weight is 555 g/mol. The maximum Gasteiger partial charge on any atom is 0.287 e. The lowest BCUT2D eigenvalue weighted by atomic mass is 10.0. The van der Waals surface area contributed by atoms with Crippen LogP contribution in [0.2, 0.25) is 0 Å². The number of carbonyl (C=O) groups excluding carboxylic acids is 3. The van der Waals surface area contributed by atoms with Gasteiger partial charge in [0.2, 0.25) is 5.91 Å². The van der Waals surface area contributed by atoms with Crippen LogP contribution in [0.5, 0.6) is 0 Å². The normalized spacial score (nSPS) is 18.4. The van der Waals surface area contributed by atoms with Crippen LogP contribution in [0.3, 0.4) is 0 Å². The van der Waals surface area contributed by atoms with E-state index in [0.29, 0.717) is 17.5 Å². The summed E-state index contributed by atoms with van der Waals surface area (Å²) < 4.78 is 33.1. The van der Waals surface area contributed by atoms with Gasteiger partial charge in [0.25, 0.3) is 15.9 Å². The molecule has 0 radical (unpaired) electrons. The van der Waals surface area contributed by atoms with Crippen molar-refractivity contribution in [3.05, 3.63) is 47.0 Å². The number of Topliss-reactive ketones (excluding diaryl/α,β-unsaturated/α-hetero) is 1. The summed E-state index contributed by atoms with van der Waals surface area (Å²) in [6.45, 7) is 3.81. The van der Waals surface area contributed by atoms with Crippen molar-refractivity contribution in [3.63, 3.8) is 0 Å². The van der Waals surface area contributed by atoms with Gasteiger partial charge in [0.1, 0.15) is 6.04 Å². The van der Waals surface area contributed by atoms with Crippen molar-refractivity contribution in [2.75, 3.05) is 6.54 Å². The number of hydrogen-bond acceptors (Lipinski definition) is 7. The van der Waals surface area contributed by atoms with Crippen molar-refractivity contribution in [2.24, 2.45) is 5.92 Å². The van der Waals surface area contributed by atoms with Crippen molar-refractivity contribution in [3.8, 4) is 0 Å². The molecule has 1 fully saturated rings. The first-order valence-electron chi connectivity index (χ1n) is 10.9. The lowest BCUT2D eigenvalue weighted by Crippen LogP contribution is -2.58. The Labute approximate surface area is 206 Å². The highest BCUT2D eigenvalue weighted by molar-refractivity contribution is 9.10. The molecule has 0 aromatic carbocycles. The van der Waals surface area contributed by atoms with Crippen LogP contribution >= 0.6 is 15.9 Å². The van der Waals surface area contributed by atoms with Gasteiger partial charge in [-0.05, 0) is 65.4 Å². The Hall–Kier alpha value is -2.57. The van der Waals surface area contributed by atoms with Crippen LogP contribution in [0.15, 0.2) is 50.6 Å². The maximum atomic E-state index is 13.3. The van der Waals surface area contributed by atoms with Gasteiger partial charge in [0, 0.05) is 19.2 Å². The van der Waals surface area contributed by atoms with Gasteiger partial charge < -0.3 is 15.1 Å². The molecule has 2 amide bonds. The van der Waals surface area contributed by atoms with Crippen LogP contribution in [0, 0.1) is 5.92 Å². The molecule has 1 unspecified atom stereocenters. The van der Waals surface area contributed by atoms with E-state index in [4.69, 9.17) is 4.42 Å². The second-order valence-corrected chi connectivity index (χ2v) is 11.0. The number of carbonyl (C=O) groups is 3. The molecule has 2 aromatic heterocycles. The SMILES string of the molecule is CC(C)CC(NC(=O)c1ccc(Br)o1)C(=O)N[C@@H]1C(=O)CCCCN1S(=O)(=O)c1ccccn1. The zero-order valence-corrected chi connectivity index (χ0v) is 21.3. The summed E-state index contributed by atoms with van der Waals surface area (Å²) in [6.07, 6.45) is 1.31. The molecular weight excluding hydrogens is 528 g/mol. The van der Waals surface area contributed by atoms with E-state index in [9.17, 15) is 22.8 Å². The number of ketones is 1. The van der Waals surface area contributed by atoms with Crippen molar-refractivity contribution < 1.29 is 27.2 Å². The van der Waals surface area contributed by atoms with E-state index in [1.807, 2.05) is 13.8 Å². The van der Waals surface area contributed by atoms with E-state index < -0.39 is 39.8 Å². The number of halogens is 1. The molecule has 3 heterocycles. The topological polar surface area (TPSA) is 139 Å². The van der Waals surface area contributed by atoms with Crippen molar-refractivity contribution >= 4 is 43.6 Å². The second kappa shape index (κ2) is 11.2. The minimum atomic E-state index is -4.15. The fourth-order valence-corrected chi connectivity index (χ4v) is 5.44. The summed E-state index contributed by atoms with van der Waals surface area (Å²) in [5, 5.41) is 4.99. The predicted octanol–water partition coefficient (Wildman–Crippen LogP) is 2.47. The summed E-state index contributed by atoms with van der Waals surface area (Å²) in [5.74, 6) is -1.64. The number of amides is 2. The summed E-state index contributed by atoms with van der Waals surface area (Å²) in [5.41, 5.74) is 0. The van der Waals surface area contributed by atoms with Gasteiger partial charge in [-0.15, -0.1) is 0 Å². The van der Waals surface area contributed by atoms with Gasteiger partial charge >= 0.3 is 0 Å². The maximum absolute atomic E-state index is 13.3. The first-order valence-corrected chi connectivity index (χ1v) is 13.1. The minimum Gasteiger partial charge on any atom is -0.444 e. The first kappa shape index (κ1) is 26.0. The second-order valence-electron chi connectivity index (χ2n) is 8.38. The third kappa shape index (κ3) is 6.30. The number of nitrogens with zero attached hydrogens (tertiary/aromatic N) is 2. The molecule has 1 aliphatic heterocycles. The number of sulfonamides is 1. The molecule has 34 heavy (non-hydrogen) atoms. The fourth-order valence-electron chi connectivity index (χ4n) is 3.63. The van der Waals surface area contributed by atoms with Crippen LogP contribution in [-0.4, -0.2) is 54.1 Å². The number of hydrogen-bond donors (Lipinski definition) is 2. The Morgan fingerprint density at radius 3 is 2.62 bits per heavy atom. The first-order chi connectivity index (χ1) is 16.1. The molecule has 1 saturated heterocycles. The van der Waals surface area contributed by atoms with Crippen LogP contribution in [0.25, 0.3) is 0 Å². The van der Waals surface area contributed by atoms with E-state index in [1.165, 1.54) is 24.4 Å². The van der Waals surface area contributed by atoms with Crippen LogP contribution < -0.4 is 10.6 Å². The number of pyridine rings is 1. The number of rotatable bonds is 8.